The molecule has 90 valence electrons. The number of carbonyl (C=O) groups is 1. The van der Waals surface area contributed by atoms with Gasteiger partial charge in [0, 0.05) is 0 Å². The fourth-order valence-corrected chi connectivity index (χ4v) is 1.39. The number of hydrogen-bond donors (Lipinski definition) is 1. The molecule has 0 saturated heterocycles. The Morgan fingerprint density at radius 3 is 3.00 bits per heavy atom. The van der Waals surface area contributed by atoms with Crippen molar-refractivity contribution in [1.82, 2.24) is 9.97 Å². The van der Waals surface area contributed by atoms with Gasteiger partial charge in [0.05, 0.1) is 17.6 Å². The van der Waals surface area contributed by atoms with E-state index in [9.17, 15) is 4.79 Å². The van der Waals surface area contributed by atoms with Gasteiger partial charge in [0.1, 0.15) is 0 Å². The summed E-state index contributed by atoms with van der Waals surface area (Å²) in [7, 11) is 0. The highest BCUT2D eigenvalue weighted by Crippen LogP contribution is 2.15. The molecule has 0 bridgehead atoms. The molecule has 1 aromatic heterocycles. The predicted octanol–water partition coefficient (Wildman–Crippen LogP) is 2.88. The summed E-state index contributed by atoms with van der Waals surface area (Å²) >= 11 is 0. The zero-order chi connectivity index (χ0) is 12.1. The van der Waals surface area contributed by atoms with E-state index in [1.807, 2.05) is 31.2 Å². The summed E-state index contributed by atoms with van der Waals surface area (Å²) in [5.41, 5.74) is 1.58. The minimum Gasteiger partial charge on any atom is -0.434 e. The van der Waals surface area contributed by atoms with Crippen molar-refractivity contribution in [2.75, 3.05) is 6.61 Å². The Kier molecular flexibility index (Phi) is 3.59. The van der Waals surface area contributed by atoms with Crippen molar-refractivity contribution in [1.29, 1.82) is 0 Å². The molecule has 1 aromatic carbocycles. The van der Waals surface area contributed by atoms with Crippen LogP contribution in [0, 0.1) is 0 Å². The van der Waals surface area contributed by atoms with Gasteiger partial charge in [-0.05, 0) is 18.6 Å². The summed E-state index contributed by atoms with van der Waals surface area (Å²) in [6.07, 6.45) is 1.07. The van der Waals surface area contributed by atoms with E-state index in [-0.39, 0.29) is 6.01 Å². The van der Waals surface area contributed by atoms with Crippen LogP contribution in [0.5, 0.6) is 6.01 Å². The summed E-state index contributed by atoms with van der Waals surface area (Å²) in [5, 5.41) is 0. The third-order valence-corrected chi connectivity index (χ3v) is 2.27. The number of imidazole rings is 1. The average molecular weight is 234 g/mol. The number of para-hydroxylation sites is 2. The Bertz CT molecular complexity index is 474. The fourth-order valence-electron chi connectivity index (χ4n) is 1.39. The number of hydrogen-bond acceptors (Lipinski definition) is 4. The molecule has 0 saturated carbocycles. The van der Waals surface area contributed by atoms with Crippen molar-refractivity contribution in [3.8, 4) is 6.01 Å². The molecular formula is C12H14N2O3. The van der Waals surface area contributed by atoms with Gasteiger partial charge in [0.25, 0.3) is 0 Å². The molecule has 1 heterocycles. The quantitative estimate of drug-likeness (QED) is 0.652. The highest BCUT2D eigenvalue weighted by molar-refractivity contribution is 5.76. The lowest BCUT2D eigenvalue weighted by molar-refractivity contribution is 0.0950. The van der Waals surface area contributed by atoms with Gasteiger partial charge in [-0.2, -0.15) is 4.98 Å². The summed E-state index contributed by atoms with van der Waals surface area (Å²) in [5.74, 6) is 0. The number of unbranched alkanes of at least 4 members (excludes halogenated alkanes) is 1. The van der Waals surface area contributed by atoms with E-state index in [0.29, 0.717) is 6.61 Å². The van der Waals surface area contributed by atoms with E-state index < -0.39 is 6.16 Å². The zero-order valence-electron chi connectivity index (χ0n) is 9.60. The second-order valence-electron chi connectivity index (χ2n) is 3.61. The number of aromatic nitrogens is 2. The highest BCUT2D eigenvalue weighted by Gasteiger charge is 2.09. The molecular weight excluding hydrogens is 220 g/mol. The van der Waals surface area contributed by atoms with E-state index in [0.717, 1.165) is 23.9 Å². The Balaban J connectivity index is 1.96. The maximum Gasteiger partial charge on any atom is 0.516 e. The minimum absolute atomic E-state index is 0.160. The second kappa shape index (κ2) is 5.34. The zero-order valence-corrected chi connectivity index (χ0v) is 9.60. The van der Waals surface area contributed by atoms with Gasteiger partial charge in [-0.1, -0.05) is 25.5 Å². The van der Waals surface area contributed by atoms with E-state index in [4.69, 9.17) is 9.47 Å². The van der Waals surface area contributed by atoms with Gasteiger partial charge in [0.2, 0.25) is 0 Å². The normalized spacial score (nSPS) is 10.4. The summed E-state index contributed by atoms with van der Waals surface area (Å²) in [6, 6.07) is 7.60. The highest BCUT2D eigenvalue weighted by atomic mass is 16.7. The largest absolute Gasteiger partial charge is 0.516 e. The van der Waals surface area contributed by atoms with Gasteiger partial charge in [-0.15, -0.1) is 0 Å². The molecule has 0 amide bonds. The Labute approximate surface area is 98.8 Å². The van der Waals surface area contributed by atoms with Crippen LogP contribution in [0.3, 0.4) is 0 Å². The number of H-pyrrole nitrogens is 1. The van der Waals surface area contributed by atoms with Crippen molar-refractivity contribution >= 4 is 17.2 Å². The number of nitrogens with zero attached hydrogens (tertiary/aromatic N) is 1. The van der Waals surface area contributed by atoms with Crippen LogP contribution in [0.1, 0.15) is 19.8 Å². The van der Waals surface area contributed by atoms with Crippen LogP contribution in [-0.2, 0) is 4.74 Å². The standard InChI is InChI=1S/C12H14N2O3/c1-2-3-8-16-12(15)17-11-13-9-6-4-5-7-10(9)14-11/h4-7H,2-3,8H2,1H3,(H,13,14). The SMILES string of the molecule is CCCCOC(=O)Oc1nc2ccccc2[nH]1. The number of ether oxygens (including phenoxy) is 2. The van der Waals surface area contributed by atoms with Gasteiger partial charge in [-0.25, -0.2) is 4.79 Å². The van der Waals surface area contributed by atoms with Gasteiger partial charge in [-0.3, -0.25) is 0 Å². The molecule has 0 aliphatic rings. The lowest BCUT2D eigenvalue weighted by Gasteiger charge is -2.01. The average Bonchev–Trinajstić information content (AvgIpc) is 2.71. The molecule has 1 N–H and O–H groups in total. The van der Waals surface area contributed by atoms with Crippen molar-refractivity contribution in [2.24, 2.45) is 0 Å². The van der Waals surface area contributed by atoms with Crippen LogP contribution in [-0.4, -0.2) is 22.7 Å². The topological polar surface area (TPSA) is 64.2 Å². The molecule has 0 fully saturated rings. The van der Waals surface area contributed by atoms with Gasteiger partial charge >= 0.3 is 12.2 Å². The fraction of sp³-hybridized carbons (Fsp3) is 0.333. The van der Waals surface area contributed by atoms with Crippen LogP contribution >= 0.6 is 0 Å². The number of carbonyl (C=O) groups excluding carboxylic acids is 1. The number of nitrogens with one attached hydrogen (secondary N) is 1. The number of fused-ring (bicyclic) bond motifs is 1. The molecule has 0 spiro atoms. The van der Waals surface area contributed by atoms with Gasteiger partial charge in [0.15, 0.2) is 0 Å². The minimum atomic E-state index is -0.725. The van der Waals surface area contributed by atoms with Crippen LogP contribution in [0.15, 0.2) is 24.3 Å². The molecule has 0 aliphatic carbocycles. The maximum absolute atomic E-state index is 11.3. The van der Waals surface area contributed by atoms with Crippen molar-refractivity contribution in [3.63, 3.8) is 0 Å². The van der Waals surface area contributed by atoms with E-state index >= 15 is 0 Å². The predicted molar refractivity (Wildman–Crippen MR) is 63.0 cm³/mol. The van der Waals surface area contributed by atoms with Crippen molar-refractivity contribution < 1.29 is 14.3 Å². The third kappa shape index (κ3) is 2.96. The van der Waals surface area contributed by atoms with Crippen LogP contribution in [0.25, 0.3) is 11.0 Å². The van der Waals surface area contributed by atoms with Crippen LogP contribution < -0.4 is 4.74 Å². The first-order valence-corrected chi connectivity index (χ1v) is 5.59. The number of benzene rings is 1. The van der Waals surface area contributed by atoms with Crippen LogP contribution in [0.4, 0.5) is 4.79 Å². The Morgan fingerprint density at radius 2 is 2.24 bits per heavy atom. The molecule has 5 nitrogen and oxygen atoms in total. The lowest BCUT2D eigenvalue weighted by Crippen LogP contribution is -2.12. The smallest absolute Gasteiger partial charge is 0.434 e. The first-order chi connectivity index (χ1) is 8.29. The summed E-state index contributed by atoms with van der Waals surface area (Å²) in [4.78, 5) is 18.2. The second-order valence-corrected chi connectivity index (χ2v) is 3.61. The van der Waals surface area contributed by atoms with Crippen LogP contribution in [0.2, 0.25) is 0 Å². The van der Waals surface area contributed by atoms with Gasteiger partial charge < -0.3 is 14.5 Å². The van der Waals surface area contributed by atoms with E-state index in [1.165, 1.54) is 0 Å². The Hall–Kier alpha value is -2.04. The molecule has 17 heavy (non-hydrogen) atoms. The monoisotopic (exact) mass is 234 g/mol. The third-order valence-electron chi connectivity index (χ3n) is 2.27. The first kappa shape index (κ1) is 11.4. The molecule has 0 aliphatic heterocycles. The summed E-state index contributed by atoms with van der Waals surface area (Å²) in [6.45, 7) is 2.39. The molecule has 5 heteroatoms. The molecule has 2 rings (SSSR count). The molecule has 0 atom stereocenters. The van der Waals surface area contributed by atoms with E-state index in [2.05, 4.69) is 9.97 Å². The molecule has 0 unspecified atom stereocenters. The maximum atomic E-state index is 11.3. The first-order valence-electron chi connectivity index (χ1n) is 5.59. The molecule has 2 aromatic rings. The van der Waals surface area contributed by atoms with Crippen molar-refractivity contribution in [3.05, 3.63) is 24.3 Å². The lowest BCUT2D eigenvalue weighted by atomic mass is 10.3. The number of aromatic amines is 1. The number of rotatable bonds is 4. The summed E-state index contributed by atoms with van der Waals surface area (Å²) < 4.78 is 9.78. The van der Waals surface area contributed by atoms with Crippen molar-refractivity contribution in [2.45, 2.75) is 19.8 Å². The Morgan fingerprint density at radius 1 is 1.41 bits per heavy atom. The van der Waals surface area contributed by atoms with E-state index in [1.54, 1.807) is 0 Å². The molecule has 0 radical (unpaired) electrons.